The summed E-state index contributed by atoms with van der Waals surface area (Å²) in [6.45, 7) is 2.61. The third-order valence-electron chi connectivity index (χ3n) is 7.02. The molecule has 1 N–H and O–H groups in total. The Morgan fingerprint density at radius 1 is 0.826 bits per heavy atom. The van der Waals surface area contributed by atoms with E-state index in [1.165, 1.54) is 35.2 Å². The summed E-state index contributed by atoms with van der Waals surface area (Å²) in [5.41, 5.74) is -0.0181. The lowest BCUT2D eigenvalue weighted by molar-refractivity contribution is -0.140. The van der Waals surface area contributed by atoms with Crippen molar-refractivity contribution in [1.82, 2.24) is 10.2 Å². The molecule has 0 aliphatic rings. The topological polar surface area (TPSA) is 86.8 Å². The van der Waals surface area contributed by atoms with Gasteiger partial charge in [0.25, 0.3) is 10.0 Å². The van der Waals surface area contributed by atoms with Crippen LogP contribution in [0.3, 0.4) is 0 Å². The Kier molecular flexibility index (Phi) is 11.3. The SMILES string of the molecule is CC(C)NC(=O)C(Cc1ccccc1)N(Cc1cccc(Br)c1)C(=O)CN(c1cccc(C(F)(F)F)c1)S(=O)(=O)c1ccccc1. The van der Waals surface area contributed by atoms with Crippen LogP contribution < -0.4 is 9.62 Å². The lowest BCUT2D eigenvalue weighted by Gasteiger charge is -2.34. The van der Waals surface area contributed by atoms with E-state index in [9.17, 15) is 31.2 Å². The van der Waals surface area contributed by atoms with Crippen LogP contribution in [0.25, 0.3) is 0 Å². The summed E-state index contributed by atoms with van der Waals surface area (Å²) in [7, 11) is -4.54. The summed E-state index contributed by atoms with van der Waals surface area (Å²) in [6, 6.07) is 25.7. The van der Waals surface area contributed by atoms with E-state index in [0.717, 1.165) is 22.2 Å². The molecule has 0 radical (unpaired) electrons. The van der Waals surface area contributed by atoms with Gasteiger partial charge in [0.2, 0.25) is 11.8 Å². The molecule has 4 aromatic rings. The number of anilines is 1. The predicted octanol–water partition coefficient (Wildman–Crippen LogP) is 6.83. The van der Waals surface area contributed by atoms with Gasteiger partial charge in [0.05, 0.1) is 16.1 Å². The third-order valence-corrected chi connectivity index (χ3v) is 9.30. The zero-order valence-electron chi connectivity index (χ0n) is 25.1. The van der Waals surface area contributed by atoms with Crippen molar-refractivity contribution in [1.29, 1.82) is 0 Å². The first-order valence-corrected chi connectivity index (χ1v) is 16.6. The molecule has 0 spiro atoms. The highest BCUT2D eigenvalue weighted by atomic mass is 79.9. The van der Waals surface area contributed by atoms with Crippen LogP contribution >= 0.6 is 15.9 Å². The van der Waals surface area contributed by atoms with Crippen LogP contribution in [-0.4, -0.2) is 43.8 Å². The standard InChI is InChI=1S/C34H33BrF3N3O4S/c1-24(2)39-33(43)31(20-25-11-5-3-6-12-25)40(22-26-13-9-15-28(35)19-26)32(42)23-41(46(44,45)30-17-7-4-8-18-30)29-16-10-14-27(21-29)34(36,37)38/h3-19,21,24,31H,20,22-23H2,1-2H3,(H,39,43). The number of carbonyl (C=O) groups excluding carboxylic acids is 2. The summed E-state index contributed by atoms with van der Waals surface area (Å²) in [4.78, 5) is 29.2. The Bertz CT molecular complexity index is 1750. The molecule has 0 heterocycles. The molecule has 46 heavy (non-hydrogen) atoms. The molecule has 4 rings (SSSR count). The van der Waals surface area contributed by atoms with Gasteiger partial charge in [-0.25, -0.2) is 8.42 Å². The van der Waals surface area contributed by atoms with E-state index >= 15 is 0 Å². The lowest BCUT2D eigenvalue weighted by atomic mass is 10.0. The van der Waals surface area contributed by atoms with Crippen molar-refractivity contribution in [3.63, 3.8) is 0 Å². The molecular formula is C34H33BrF3N3O4S. The molecule has 1 atom stereocenters. The molecule has 1 unspecified atom stereocenters. The van der Waals surface area contributed by atoms with Gasteiger partial charge < -0.3 is 10.2 Å². The number of carbonyl (C=O) groups is 2. The Morgan fingerprint density at radius 2 is 1.43 bits per heavy atom. The number of halogens is 4. The average molecular weight is 717 g/mol. The van der Waals surface area contributed by atoms with Crippen molar-refractivity contribution in [3.05, 3.63) is 130 Å². The van der Waals surface area contributed by atoms with Gasteiger partial charge in [-0.3, -0.25) is 13.9 Å². The van der Waals surface area contributed by atoms with E-state index in [1.54, 1.807) is 56.3 Å². The highest BCUT2D eigenvalue weighted by molar-refractivity contribution is 9.10. The molecule has 0 fully saturated rings. The number of amides is 2. The van der Waals surface area contributed by atoms with E-state index < -0.39 is 46.2 Å². The van der Waals surface area contributed by atoms with Crippen LogP contribution in [-0.2, 0) is 38.8 Å². The van der Waals surface area contributed by atoms with Crippen molar-refractivity contribution in [3.8, 4) is 0 Å². The summed E-state index contributed by atoms with van der Waals surface area (Å²) in [5.74, 6) is -1.24. The summed E-state index contributed by atoms with van der Waals surface area (Å²) in [6.07, 6.45) is -4.65. The van der Waals surface area contributed by atoms with Crippen LogP contribution in [0.15, 0.2) is 119 Å². The average Bonchev–Trinajstić information content (AvgIpc) is 3.01. The fourth-order valence-corrected chi connectivity index (χ4v) is 6.73. The Hall–Kier alpha value is -4.16. The van der Waals surface area contributed by atoms with Crippen molar-refractivity contribution in [2.75, 3.05) is 10.8 Å². The maximum atomic E-state index is 14.4. The smallest absolute Gasteiger partial charge is 0.352 e. The molecular weight excluding hydrogens is 683 g/mol. The molecule has 0 saturated carbocycles. The van der Waals surface area contributed by atoms with E-state index in [-0.39, 0.29) is 29.6 Å². The van der Waals surface area contributed by atoms with E-state index in [2.05, 4.69) is 21.2 Å². The Morgan fingerprint density at radius 3 is 2.04 bits per heavy atom. The van der Waals surface area contributed by atoms with Crippen molar-refractivity contribution in [2.45, 2.75) is 50.0 Å². The maximum Gasteiger partial charge on any atom is 0.416 e. The zero-order chi connectivity index (χ0) is 33.5. The number of hydrogen-bond acceptors (Lipinski definition) is 4. The van der Waals surface area contributed by atoms with Gasteiger partial charge >= 0.3 is 6.18 Å². The molecule has 2 amide bonds. The number of hydrogen-bond donors (Lipinski definition) is 1. The lowest BCUT2D eigenvalue weighted by Crippen LogP contribution is -2.54. The van der Waals surface area contributed by atoms with Gasteiger partial charge in [0, 0.05) is 23.5 Å². The van der Waals surface area contributed by atoms with Gasteiger partial charge in [0.1, 0.15) is 12.6 Å². The van der Waals surface area contributed by atoms with Crippen molar-refractivity contribution >= 4 is 43.5 Å². The number of rotatable bonds is 12. The predicted molar refractivity (Wildman–Crippen MR) is 174 cm³/mol. The molecule has 0 aromatic heterocycles. The van der Waals surface area contributed by atoms with Gasteiger partial charge in [-0.15, -0.1) is 0 Å². The Balaban J connectivity index is 1.84. The summed E-state index contributed by atoms with van der Waals surface area (Å²) in [5, 5.41) is 2.86. The Labute approximate surface area is 275 Å². The first-order chi connectivity index (χ1) is 21.8. The largest absolute Gasteiger partial charge is 0.416 e. The number of sulfonamides is 1. The van der Waals surface area contributed by atoms with Gasteiger partial charge in [0.15, 0.2) is 0 Å². The van der Waals surface area contributed by atoms with Crippen molar-refractivity contribution in [2.24, 2.45) is 0 Å². The fourth-order valence-electron chi connectivity index (χ4n) is 4.85. The molecule has 7 nitrogen and oxygen atoms in total. The summed E-state index contributed by atoms with van der Waals surface area (Å²) >= 11 is 3.43. The molecule has 12 heteroatoms. The minimum atomic E-state index is -4.76. The number of nitrogens with zero attached hydrogens (tertiary/aromatic N) is 2. The van der Waals surface area contributed by atoms with Crippen LogP contribution in [0.1, 0.15) is 30.5 Å². The normalized spacial score (nSPS) is 12.4. The first-order valence-electron chi connectivity index (χ1n) is 14.4. The molecule has 0 aliphatic heterocycles. The molecule has 4 aromatic carbocycles. The van der Waals surface area contributed by atoms with Crippen molar-refractivity contribution < 1.29 is 31.2 Å². The maximum absolute atomic E-state index is 14.4. The third kappa shape index (κ3) is 8.97. The summed E-state index contributed by atoms with van der Waals surface area (Å²) < 4.78 is 70.5. The molecule has 242 valence electrons. The monoisotopic (exact) mass is 715 g/mol. The van der Waals surface area contributed by atoms with E-state index in [1.807, 2.05) is 18.2 Å². The van der Waals surface area contributed by atoms with Gasteiger partial charge in [-0.1, -0.05) is 82.7 Å². The number of nitrogens with one attached hydrogen (secondary N) is 1. The van der Waals surface area contributed by atoms with E-state index in [4.69, 9.17) is 0 Å². The second-order valence-corrected chi connectivity index (χ2v) is 13.7. The second kappa shape index (κ2) is 15.0. The number of benzene rings is 4. The van der Waals surface area contributed by atoms with Crippen LogP contribution in [0.4, 0.5) is 18.9 Å². The highest BCUT2D eigenvalue weighted by Gasteiger charge is 2.36. The zero-order valence-corrected chi connectivity index (χ0v) is 27.5. The second-order valence-electron chi connectivity index (χ2n) is 10.9. The molecule has 0 saturated heterocycles. The minimum Gasteiger partial charge on any atom is -0.352 e. The number of alkyl halides is 3. The first kappa shape index (κ1) is 34.7. The molecule has 0 aliphatic carbocycles. The van der Waals surface area contributed by atoms with Gasteiger partial charge in [-0.05, 0) is 67.4 Å². The minimum absolute atomic E-state index is 0.0803. The quantitative estimate of drug-likeness (QED) is 0.174. The van der Waals surface area contributed by atoms with Crippen LogP contribution in [0.2, 0.25) is 0 Å². The van der Waals surface area contributed by atoms with Crippen LogP contribution in [0, 0.1) is 0 Å². The highest BCUT2D eigenvalue weighted by Crippen LogP contribution is 2.33. The fraction of sp³-hybridized carbons (Fsp3) is 0.235. The molecule has 0 bridgehead atoms. The van der Waals surface area contributed by atoms with Crippen LogP contribution in [0.5, 0.6) is 0 Å². The van der Waals surface area contributed by atoms with E-state index in [0.29, 0.717) is 15.9 Å². The van der Waals surface area contributed by atoms with Gasteiger partial charge in [-0.2, -0.15) is 13.2 Å².